The highest BCUT2D eigenvalue weighted by Crippen LogP contribution is 2.32. The van der Waals surface area contributed by atoms with E-state index in [-0.39, 0.29) is 16.8 Å². The van der Waals surface area contributed by atoms with Crippen molar-refractivity contribution >= 4 is 34.4 Å². The Morgan fingerprint density at radius 1 is 0.969 bits per heavy atom. The molecule has 7 nitrogen and oxygen atoms in total. The number of imide groups is 1. The third kappa shape index (κ3) is 4.11. The van der Waals surface area contributed by atoms with E-state index in [1.165, 1.54) is 13.1 Å². The Morgan fingerprint density at radius 2 is 1.56 bits per heavy atom. The van der Waals surface area contributed by atoms with Crippen LogP contribution in [0.3, 0.4) is 0 Å². The van der Waals surface area contributed by atoms with Crippen molar-refractivity contribution in [3.63, 3.8) is 0 Å². The zero-order valence-electron chi connectivity index (χ0n) is 17.2. The van der Waals surface area contributed by atoms with E-state index in [4.69, 9.17) is 4.74 Å². The lowest BCUT2D eigenvalue weighted by Crippen LogP contribution is -2.40. The molecular formula is C22H17F3N2O5. The third-order valence-electron chi connectivity index (χ3n) is 4.69. The number of para-hydroxylation sites is 1. The highest BCUT2D eigenvalue weighted by Gasteiger charge is 2.33. The molecule has 1 heterocycles. The number of hydrogen-bond donors (Lipinski definition) is 0. The molecule has 0 N–H and O–H groups in total. The molecule has 0 unspecified atom stereocenters. The number of alkyl halides is 3. The van der Waals surface area contributed by atoms with Gasteiger partial charge in [-0.15, -0.1) is 0 Å². The minimum Gasteiger partial charge on any atom is -0.425 e. The molecule has 0 bridgehead atoms. The number of benzene rings is 2. The van der Waals surface area contributed by atoms with Gasteiger partial charge in [0.05, 0.1) is 16.8 Å². The standard InChI is InChI=1S/C22H17F3N2O5/c1-12(28)27(15-10-8-14(9-11-15)22(23,24)25)21(31)18-19(32-13(2)29)16-6-4-5-7-17(16)26(3)20(18)30/h4-11H,1-3H3. The van der Waals surface area contributed by atoms with Gasteiger partial charge < -0.3 is 9.30 Å². The summed E-state index contributed by atoms with van der Waals surface area (Å²) in [6, 6.07) is 9.67. The molecular weight excluding hydrogens is 429 g/mol. The second kappa shape index (κ2) is 8.29. The Balaban J connectivity index is 2.25. The number of aryl methyl sites for hydroxylation is 1. The third-order valence-corrected chi connectivity index (χ3v) is 4.69. The SMILES string of the molecule is CC(=O)Oc1c(C(=O)N(C(C)=O)c2ccc(C(F)(F)F)cc2)c(=O)n(C)c2ccccc12. The Labute approximate surface area is 179 Å². The molecule has 32 heavy (non-hydrogen) atoms. The molecule has 1 aromatic heterocycles. The van der Waals surface area contributed by atoms with Crippen LogP contribution in [-0.2, 0) is 22.8 Å². The summed E-state index contributed by atoms with van der Waals surface area (Å²) in [6.07, 6.45) is -4.61. The minimum atomic E-state index is -4.61. The van der Waals surface area contributed by atoms with Gasteiger partial charge in [0.25, 0.3) is 11.5 Å². The first-order valence-corrected chi connectivity index (χ1v) is 9.26. The molecule has 2 aromatic carbocycles. The molecule has 3 rings (SSSR count). The highest BCUT2D eigenvalue weighted by molar-refractivity contribution is 6.22. The van der Waals surface area contributed by atoms with Crippen LogP contribution < -0.4 is 15.2 Å². The van der Waals surface area contributed by atoms with Gasteiger partial charge >= 0.3 is 12.1 Å². The van der Waals surface area contributed by atoms with E-state index in [0.29, 0.717) is 22.5 Å². The summed E-state index contributed by atoms with van der Waals surface area (Å²) in [6.45, 7) is 2.10. The van der Waals surface area contributed by atoms with E-state index in [0.717, 1.165) is 30.5 Å². The van der Waals surface area contributed by atoms with E-state index in [9.17, 15) is 32.3 Å². The van der Waals surface area contributed by atoms with Gasteiger partial charge in [0.1, 0.15) is 5.56 Å². The van der Waals surface area contributed by atoms with Gasteiger partial charge in [-0.2, -0.15) is 13.2 Å². The van der Waals surface area contributed by atoms with Gasteiger partial charge in [0.2, 0.25) is 5.91 Å². The van der Waals surface area contributed by atoms with Crippen molar-refractivity contribution in [3.05, 3.63) is 70.0 Å². The number of aromatic nitrogens is 1. The van der Waals surface area contributed by atoms with Crippen molar-refractivity contribution in [2.75, 3.05) is 4.90 Å². The van der Waals surface area contributed by atoms with Gasteiger partial charge in [0.15, 0.2) is 5.75 Å². The second-order valence-electron chi connectivity index (χ2n) is 6.88. The van der Waals surface area contributed by atoms with Crippen LogP contribution in [0.15, 0.2) is 53.3 Å². The van der Waals surface area contributed by atoms with E-state index < -0.39 is 40.6 Å². The van der Waals surface area contributed by atoms with Crippen molar-refractivity contribution in [2.45, 2.75) is 20.0 Å². The van der Waals surface area contributed by atoms with Gasteiger partial charge in [-0.05, 0) is 36.4 Å². The molecule has 0 saturated heterocycles. The number of rotatable bonds is 3. The second-order valence-corrected chi connectivity index (χ2v) is 6.88. The minimum absolute atomic E-state index is 0.181. The molecule has 0 spiro atoms. The lowest BCUT2D eigenvalue weighted by Gasteiger charge is -2.22. The maximum absolute atomic E-state index is 13.4. The van der Waals surface area contributed by atoms with Crippen LogP contribution in [0.2, 0.25) is 0 Å². The molecule has 0 atom stereocenters. The van der Waals surface area contributed by atoms with E-state index in [1.54, 1.807) is 18.2 Å². The highest BCUT2D eigenvalue weighted by atomic mass is 19.4. The molecule has 0 aliphatic carbocycles. The topological polar surface area (TPSA) is 85.7 Å². The largest absolute Gasteiger partial charge is 0.425 e. The number of ether oxygens (including phenoxy) is 1. The van der Waals surface area contributed by atoms with Crippen LogP contribution in [0, 0.1) is 0 Å². The first kappa shape index (κ1) is 22.7. The summed E-state index contributed by atoms with van der Waals surface area (Å²) in [7, 11) is 1.40. The van der Waals surface area contributed by atoms with Gasteiger partial charge in [-0.3, -0.25) is 19.2 Å². The Hall–Kier alpha value is -3.95. The maximum Gasteiger partial charge on any atom is 0.416 e. The van der Waals surface area contributed by atoms with Crippen LogP contribution in [0.4, 0.5) is 18.9 Å². The maximum atomic E-state index is 13.4. The summed E-state index contributed by atoms with van der Waals surface area (Å²) in [5.41, 5.74) is -2.23. The number of pyridine rings is 1. The van der Waals surface area contributed by atoms with Gasteiger partial charge in [-0.25, -0.2) is 4.90 Å². The van der Waals surface area contributed by atoms with Crippen molar-refractivity contribution in [2.24, 2.45) is 7.05 Å². The first-order chi connectivity index (χ1) is 14.9. The number of hydrogen-bond acceptors (Lipinski definition) is 5. The van der Waals surface area contributed by atoms with Crippen LogP contribution in [0.5, 0.6) is 5.75 Å². The van der Waals surface area contributed by atoms with E-state index in [2.05, 4.69) is 0 Å². The summed E-state index contributed by atoms with van der Waals surface area (Å²) in [5.74, 6) is -3.13. The fourth-order valence-electron chi connectivity index (χ4n) is 3.26. The molecule has 0 radical (unpaired) electrons. The van der Waals surface area contributed by atoms with Crippen molar-refractivity contribution < 1.29 is 32.3 Å². The zero-order chi connectivity index (χ0) is 23.8. The van der Waals surface area contributed by atoms with Crippen molar-refractivity contribution in [3.8, 4) is 5.75 Å². The molecule has 0 fully saturated rings. The van der Waals surface area contributed by atoms with Crippen molar-refractivity contribution in [1.29, 1.82) is 0 Å². The predicted molar refractivity (Wildman–Crippen MR) is 109 cm³/mol. The molecule has 0 aliphatic heterocycles. The number of carbonyl (C=O) groups excluding carboxylic acids is 3. The monoisotopic (exact) mass is 446 g/mol. The predicted octanol–water partition coefficient (Wildman–Crippen LogP) is 3.68. The summed E-state index contributed by atoms with van der Waals surface area (Å²) in [4.78, 5) is 51.0. The molecule has 0 saturated carbocycles. The quantitative estimate of drug-likeness (QED) is 0.573. The van der Waals surface area contributed by atoms with Crippen LogP contribution in [-0.4, -0.2) is 22.4 Å². The zero-order valence-corrected chi connectivity index (χ0v) is 17.2. The summed E-state index contributed by atoms with van der Waals surface area (Å²) < 4.78 is 45.0. The van der Waals surface area contributed by atoms with Crippen LogP contribution >= 0.6 is 0 Å². The number of carbonyl (C=O) groups is 3. The molecule has 2 amide bonds. The summed E-state index contributed by atoms with van der Waals surface area (Å²) >= 11 is 0. The average molecular weight is 446 g/mol. The number of amides is 2. The fraction of sp³-hybridized carbons (Fsp3) is 0.182. The van der Waals surface area contributed by atoms with Crippen molar-refractivity contribution in [1.82, 2.24) is 4.57 Å². The number of nitrogens with zero attached hydrogens (tertiary/aromatic N) is 2. The molecule has 166 valence electrons. The Morgan fingerprint density at radius 3 is 2.09 bits per heavy atom. The molecule has 10 heteroatoms. The number of esters is 1. The Bertz CT molecular complexity index is 1290. The molecule has 0 aliphatic rings. The molecule has 3 aromatic rings. The normalized spacial score (nSPS) is 11.3. The summed E-state index contributed by atoms with van der Waals surface area (Å²) in [5, 5.41) is 0.268. The smallest absolute Gasteiger partial charge is 0.416 e. The van der Waals surface area contributed by atoms with E-state index >= 15 is 0 Å². The number of anilines is 1. The lowest BCUT2D eigenvalue weighted by molar-refractivity contribution is -0.137. The Kier molecular flexibility index (Phi) is 5.89. The lowest BCUT2D eigenvalue weighted by atomic mass is 10.1. The van der Waals surface area contributed by atoms with Gasteiger partial charge in [-0.1, -0.05) is 12.1 Å². The van der Waals surface area contributed by atoms with Gasteiger partial charge in [0, 0.05) is 26.3 Å². The average Bonchev–Trinajstić information content (AvgIpc) is 2.71. The fourth-order valence-corrected chi connectivity index (χ4v) is 3.26. The number of fused-ring (bicyclic) bond motifs is 1. The van der Waals surface area contributed by atoms with Crippen LogP contribution in [0.25, 0.3) is 10.9 Å². The van der Waals surface area contributed by atoms with E-state index in [1.807, 2.05) is 0 Å². The first-order valence-electron chi connectivity index (χ1n) is 9.26. The number of halogens is 3. The van der Waals surface area contributed by atoms with Crippen LogP contribution in [0.1, 0.15) is 29.8 Å².